The van der Waals surface area contributed by atoms with Crippen molar-refractivity contribution in [3.63, 3.8) is 0 Å². The molecule has 3 heteroatoms. The van der Waals surface area contributed by atoms with Crippen LogP contribution in [0.3, 0.4) is 0 Å². The number of hydrogen-bond acceptors (Lipinski definition) is 3. The predicted octanol–water partition coefficient (Wildman–Crippen LogP) is 3.02. The van der Waals surface area contributed by atoms with Gasteiger partial charge in [0.15, 0.2) is 0 Å². The van der Waals surface area contributed by atoms with Crippen molar-refractivity contribution in [2.24, 2.45) is 0 Å². The summed E-state index contributed by atoms with van der Waals surface area (Å²) in [5.74, 6) is -0.178. The number of esters is 1. The molecule has 1 aromatic rings. The van der Waals surface area contributed by atoms with Crippen LogP contribution in [0.2, 0.25) is 0 Å². The van der Waals surface area contributed by atoms with Gasteiger partial charge in [-0.05, 0) is 31.5 Å². The summed E-state index contributed by atoms with van der Waals surface area (Å²) in [7, 11) is 1.45. The van der Waals surface area contributed by atoms with Gasteiger partial charge in [0.05, 0.1) is 7.11 Å². The van der Waals surface area contributed by atoms with Gasteiger partial charge in [-0.3, -0.25) is 4.90 Å². The van der Waals surface area contributed by atoms with Crippen molar-refractivity contribution in [1.29, 1.82) is 0 Å². The van der Waals surface area contributed by atoms with Crippen LogP contribution < -0.4 is 0 Å². The van der Waals surface area contributed by atoms with E-state index in [0.717, 1.165) is 31.5 Å². The molecule has 0 saturated heterocycles. The fourth-order valence-electron chi connectivity index (χ4n) is 2.19. The first-order valence-corrected chi connectivity index (χ1v) is 6.61. The Kier molecular flexibility index (Phi) is 6.44. The van der Waals surface area contributed by atoms with Gasteiger partial charge >= 0.3 is 5.97 Å². The molecule has 18 heavy (non-hydrogen) atoms. The van der Waals surface area contributed by atoms with E-state index in [1.807, 2.05) is 30.3 Å². The number of rotatable bonds is 7. The third-order valence-electron chi connectivity index (χ3n) is 2.93. The van der Waals surface area contributed by atoms with Gasteiger partial charge in [-0.2, -0.15) is 0 Å². The van der Waals surface area contributed by atoms with Crippen LogP contribution in [0, 0.1) is 0 Å². The quantitative estimate of drug-likeness (QED) is 0.696. The summed E-state index contributed by atoms with van der Waals surface area (Å²) in [4.78, 5) is 14.2. The summed E-state index contributed by atoms with van der Waals surface area (Å²) in [6.07, 6.45) is 2.06. The minimum absolute atomic E-state index is 0.178. The fourth-order valence-corrected chi connectivity index (χ4v) is 2.19. The number of methoxy groups -OCH3 is 1. The van der Waals surface area contributed by atoms with E-state index >= 15 is 0 Å². The van der Waals surface area contributed by atoms with Crippen LogP contribution >= 0.6 is 0 Å². The first-order chi connectivity index (χ1) is 8.74. The topological polar surface area (TPSA) is 29.5 Å². The molecule has 0 saturated carbocycles. The standard InChI is InChI=1S/C15H23NO2/c1-4-11-16(12-5-2)14(15(17)18-3)13-9-7-6-8-10-13/h6-10,14H,4-5,11-12H2,1-3H3. The summed E-state index contributed by atoms with van der Waals surface area (Å²) >= 11 is 0. The predicted molar refractivity (Wildman–Crippen MR) is 73.4 cm³/mol. The third-order valence-corrected chi connectivity index (χ3v) is 2.93. The molecule has 0 spiro atoms. The normalized spacial score (nSPS) is 12.4. The van der Waals surface area contributed by atoms with Gasteiger partial charge in [0.25, 0.3) is 0 Å². The van der Waals surface area contributed by atoms with Gasteiger partial charge < -0.3 is 4.74 Å². The monoisotopic (exact) mass is 249 g/mol. The van der Waals surface area contributed by atoms with E-state index in [4.69, 9.17) is 4.74 Å². The van der Waals surface area contributed by atoms with E-state index in [1.165, 1.54) is 7.11 Å². The molecule has 0 heterocycles. The van der Waals surface area contributed by atoms with Crippen LogP contribution in [-0.4, -0.2) is 31.1 Å². The van der Waals surface area contributed by atoms with Crippen LogP contribution in [0.25, 0.3) is 0 Å². The van der Waals surface area contributed by atoms with Crippen molar-refractivity contribution in [3.8, 4) is 0 Å². The van der Waals surface area contributed by atoms with E-state index in [1.54, 1.807) is 0 Å². The second-order valence-electron chi connectivity index (χ2n) is 4.37. The Morgan fingerprint density at radius 1 is 1.17 bits per heavy atom. The molecule has 0 aliphatic heterocycles. The molecule has 0 radical (unpaired) electrons. The summed E-state index contributed by atoms with van der Waals surface area (Å²) in [6.45, 7) is 6.06. The Morgan fingerprint density at radius 2 is 1.72 bits per heavy atom. The van der Waals surface area contributed by atoms with Gasteiger partial charge in [0.2, 0.25) is 0 Å². The van der Waals surface area contributed by atoms with Crippen molar-refractivity contribution in [2.45, 2.75) is 32.7 Å². The van der Waals surface area contributed by atoms with Crippen molar-refractivity contribution in [3.05, 3.63) is 35.9 Å². The van der Waals surface area contributed by atoms with Crippen molar-refractivity contribution in [2.75, 3.05) is 20.2 Å². The number of carbonyl (C=O) groups excluding carboxylic acids is 1. The lowest BCUT2D eigenvalue weighted by Crippen LogP contribution is -2.36. The van der Waals surface area contributed by atoms with Gasteiger partial charge in [0.1, 0.15) is 6.04 Å². The smallest absolute Gasteiger partial charge is 0.327 e. The van der Waals surface area contributed by atoms with Gasteiger partial charge in [-0.25, -0.2) is 4.79 Å². The van der Waals surface area contributed by atoms with Gasteiger partial charge in [0, 0.05) is 0 Å². The highest BCUT2D eigenvalue weighted by Gasteiger charge is 2.27. The minimum Gasteiger partial charge on any atom is -0.468 e. The molecule has 0 aliphatic rings. The van der Waals surface area contributed by atoms with Crippen LogP contribution in [0.15, 0.2) is 30.3 Å². The van der Waals surface area contributed by atoms with Crippen LogP contribution in [-0.2, 0) is 9.53 Å². The SMILES string of the molecule is CCCN(CCC)C(C(=O)OC)c1ccccc1. The highest BCUT2D eigenvalue weighted by Crippen LogP contribution is 2.22. The second-order valence-corrected chi connectivity index (χ2v) is 4.37. The molecule has 0 bridgehead atoms. The largest absolute Gasteiger partial charge is 0.468 e. The lowest BCUT2D eigenvalue weighted by molar-refractivity contribution is -0.147. The number of nitrogens with zero attached hydrogens (tertiary/aromatic N) is 1. The van der Waals surface area contributed by atoms with Crippen molar-refractivity contribution >= 4 is 5.97 Å². The zero-order chi connectivity index (χ0) is 13.4. The van der Waals surface area contributed by atoms with Crippen molar-refractivity contribution in [1.82, 2.24) is 4.90 Å². The van der Waals surface area contributed by atoms with Crippen LogP contribution in [0.4, 0.5) is 0 Å². The van der Waals surface area contributed by atoms with E-state index in [2.05, 4.69) is 18.7 Å². The first-order valence-electron chi connectivity index (χ1n) is 6.61. The first kappa shape index (κ1) is 14.7. The van der Waals surface area contributed by atoms with Gasteiger partial charge in [-0.15, -0.1) is 0 Å². The molecular weight excluding hydrogens is 226 g/mol. The Hall–Kier alpha value is -1.35. The zero-order valence-corrected chi connectivity index (χ0v) is 11.6. The average molecular weight is 249 g/mol. The molecule has 1 atom stereocenters. The Bertz CT molecular complexity index is 345. The molecule has 1 unspecified atom stereocenters. The summed E-state index contributed by atoms with van der Waals surface area (Å²) in [5.41, 5.74) is 1.01. The van der Waals surface area contributed by atoms with Crippen LogP contribution in [0.1, 0.15) is 38.3 Å². The van der Waals surface area contributed by atoms with E-state index in [-0.39, 0.29) is 12.0 Å². The lowest BCUT2D eigenvalue weighted by Gasteiger charge is -2.29. The maximum atomic E-state index is 12.0. The van der Waals surface area contributed by atoms with Crippen molar-refractivity contribution < 1.29 is 9.53 Å². The fraction of sp³-hybridized carbons (Fsp3) is 0.533. The van der Waals surface area contributed by atoms with E-state index < -0.39 is 0 Å². The number of ether oxygens (including phenoxy) is 1. The number of carbonyl (C=O) groups is 1. The van der Waals surface area contributed by atoms with E-state index in [9.17, 15) is 4.79 Å². The average Bonchev–Trinajstić information content (AvgIpc) is 2.40. The summed E-state index contributed by atoms with van der Waals surface area (Å²) in [6, 6.07) is 9.57. The molecule has 0 amide bonds. The molecule has 1 aromatic carbocycles. The Labute approximate surface area is 110 Å². The minimum atomic E-state index is -0.281. The number of benzene rings is 1. The number of hydrogen-bond donors (Lipinski definition) is 0. The van der Waals surface area contributed by atoms with Crippen LogP contribution in [0.5, 0.6) is 0 Å². The summed E-state index contributed by atoms with van der Waals surface area (Å²) in [5, 5.41) is 0. The molecule has 0 N–H and O–H groups in total. The molecule has 0 fully saturated rings. The Morgan fingerprint density at radius 3 is 2.17 bits per heavy atom. The molecule has 1 rings (SSSR count). The highest BCUT2D eigenvalue weighted by atomic mass is 16.5. The third kappa shape index (κ3) is 3.84. The molecule has 0 aromatic heterocycles. The van der Waals surface area contributed by atoms with Gasteiger partial charge in [-0.1, -0.05) is 44.2 Å². The maximum absolute atomic E-state index is 12.0. The molecular formula is C15H23NO2. The highest BCUT2D eigenvalue weighted by molar-refractivity contribution is 5.77. The Balaban J connectivity index is 2.99. The summed E-state index contributed by atoms with van der Waals surface area (Å²) < 4.78 is 4.96. The molecule has 100 valence electrons. The van der Waals surface area contributed by atoms with E-state index in [0.29, 0.717) is 0 Å². The zero-order valence-electron chi connectivity index (χ0n) is 11.6. The molecule has 0 aliphatic carbocycles. The molecule has 3 nitrogen and oxygen atoms in total. The maximum Gasteiger partial charge on any atom is 0.327 e. The lowest BCUT2D eigenvalue weighted by atomic mass is 10.0. The second kappa shape index (κ2) is 7.88.